The maximum atomic E-state index is 13.1. The van der Waals surface area contributed by atoms with Gasteiger partial charge in [-0.15, -0.1) is 0 Å². The van der Waals surface area contributed by atoms with Crippen LogP contribution < -0.4 is 16.0 Å². The van der Waals surface area contributed by atoms with Gasteiger partial charge in [-0.1, -0.05) is 26.8 Å². The molecule has 2 rings (SSSR count). The Labute approximate surface area is 171 Å². The lowest BCUT2D eigenvalue weighted by molar-refractivity contribution is -0.137. The Bertz CT molecular complexity index is 979. The average Bonchev–Trinajstić information content (AvgIpc) is 2.61. The number of carbonyl (C=O) groups excluding carboxylic acids is 3. The lowest BCUT2D eigenvalue weighted by atomic mass is 9.95. The van der Waals surface area contributed by atoms with Crippen molar-refractivity contribution in [1.82, 2.24) is 0 Å². The van der Waals surface area contributed by atoms with Crippen LogP contribution in [0.4, 0.5) is 30.2 Å². The number of benzene rings is 2. The number of halogens is 3. The summed E-state index contributed by atoms with van der Waals surface area (Å²) >= 11 is 0. The second kappa shape index (κ2) is 8.56. The number of carbonyl (C=O) groups is 3. The van der Waals surface area contributed by atoms with E-state index in [1.54, 1.807) is 26.8 Å². The van der Waals surface area contributed by atoms with Crippen LogP contribution in [0.5, 0.6) is 0 Å². The van der Waals surface area contributed by atoms with E-state index in [1.807, 2.05) is 0 Å². The molecule has 0 aliphatic carbocycles. The van der Waals surface area contributed by atoms with Gasteiger partial charge in [-0.2, -0.15) is 13.2 Å². The summed E-state index contributed by atoms with van der Waals surface area (Å²) in [6, 6.07) is 8.61. The quantitative estimate of drug-likeness (QED) is 0.656. The van der Waals surface area contributed by atoms with Gasteiger partial charge in [-0.3, -0.25) is 14.4 Å². The molecule has 2 aromatic rings. The van der Waals surface area contributed by atoms with Crippen molar-refractivity contribution in [1.29, 1.82) is 0 Å². The molecule has 0 aliphatic heterocycles. The number of hydrogen-bond acceptors (Lipinski definition) is 3. The first kappa shape index (κ1) is 22.9. The fourth-order valence-electron chi connectivity index (χ4n) is 2.37. The first-order valence-corrected chi connectivity index (χ1v) is 8.99. The summed E-state index contributed by atoms with van der Waals surface area (Å²) < 4.78 is 39.2. The molecule has 0 atom stereocenters. The molecule has 0 heterocycles. The molecule has 2 aromatic carbocycles. The highest BCUT2D eigenvalue weighted by Gasteiger charge is 2.31. The van der Waals surface area contributed by atoms with Crippen molar-refractivity contribution in [2.24, 2.45) is 5.41 Å². The van der Waals surface area contributed by atoms with Crippen molar-refractivity contribution in [3.8, 4) is 0 Å². The van der Waals surface area contributed by atoms with Gasteiger partial charge in [0.25, 0.3) is 5.91 Å². The molecule has 0 saturated carbocycles. The monoisotopic (exact) mass is 421 g/mol. The number of nitrogens with one attached hydrogen (secondary N) is 3. The van der Waals surface area contributed by atoms with E-state index in [9.17, 15) is 27.6 Å². The van der Waals surface area contributed by atoms with E-state index >= 15 is 0 Å². The average molecular weight is 421 g/mol. The van der Waals surface area contributed by atoms with Gasteiger partial charge in [0.2, 0.25) is 11.8 Å². The van der Waals surface area contributed by atoms with Gasteiger partial charge < -0.3 is 16.0 Å². The van der Waals surface area contributed by atoms with Crippen molar-refractivity contribution < 1.29 is 27.6 Å². The minimum atomic E-state index is -4.62. The number of rotatable bonds is 4. The molecule has 9 heteroatoms. The van der Waals surface area contributed by atoms with Crippen LogP contribution in [0.1, 0.15) is 43.6 Å². The van der Waals surface area contributed by atoms with Crippen LogP contribution in [0.25, 0.3) is 0 Å². The molecule has 0 bridgehead atoms. The zero-order valence-electron chi connectivity index (χ0n) is 16.9. The standard InChI is InChI=1S/C21H22F3N3O3/c1-12(28)25-16-9-8-14(21(22,23)24)11-17(16)27-18(29)13-6-5-7-15(10-13)26-19(30)20(2,3)4/h5-11H,1-4H3,(H,25,28)(H,26,30)(H,27,29). The molecule has 160 valence electrons. The molecule has 0 saturated heterocycles. The number of alkyl halides is 3. The zero-order chi connectivity index (χ0) is 22.7. The maximum Gasteiger partial charge on any atom is 0.416 e. The molecular weight excluding hydrogens is 399 g/mol. The zero-order valence-corrected chi connectivity index (χ0v) is 16.9. The highest BCUT2D eigenvalue weighted by atomic mass is 19.4. The number of anilines is 3. The summed E-state index contributed by atoms with van der Waals surface area (Å²) in [7, 11) is 0. The second-order valence-electron chi connectivity index (χ2n) is 7.68. The molecule has 30 heavy (non-hydrogen) atoms. The Kier molecular flexibility index (Phi) is 6.54. The van der Waals surface area contributed by atoms with E-state index in [0.717, 1.165) is 18.2 Å². The number of amides is 3. The molecular formula is C21H22F3N3O3. The fourth-order valence-corrected chi connectivity index (χ4v) is 2.37. The SMILES string of the molecule is CC(=O)Nc1ccc(C(F)(F)F)cc1NC(=O)c1cccc(NC(=O)C(C)(C)C)c1. The van der Waals surface area contributed by atoms with Crippen LogP contribution in [-0.4, -0.2) is 17.7 Å². The molecule has 0 aliphatic rings. The normalized spacial score (nSPS) is 11.6. The second-order valence-corrected chi connectivity index (χ2v) is 7.68. The summed E-state index contributed by atoms with van der Waals surface area (Å²) in [5, 5.41) is 7.46. The minimum absolute atomic E-state index is 0.0287. The summed E-state index contributed by atoms with van der Waals surface area (Å²) in [5.74, 6) is -1.46. The molecule has 0 radical (unpaired) electrons. The van der Waals surface area contributed by atoms with Crippen molar-refractivity contribution in [3.63, 3.8) is 0 Å². The van der Waals surface area contributed by atoms with Crippen molar-refractivity contribution in [2.75, 3.05) is 16.0 Å². The summed E-state index contributed by atoms with van der Waals surface area (Å²) in [6.07, 6.45) is -4.62. The van der Waals surface area contributed by atoms with Gasteiger partial charge in [-0.05, 0) is 36.4 Å². The lowest BCUT2D eigenvalue weighted by Gasteiger charge is -2.18. The van der Waals surface area contributed by atoms with E-state index in [-0.39, 0.29) is 22.8 Å². The molecule has 3 amide bonds. The third-order valence-electron chi connectivity index (χ3n) is 3.97. The first-order chi connectivity index (χ1) is 13.8. The molecule has 3 N–H and O–H groups in total. The van der Waals surface area contributed by atoms with Crippen LogP contribution in [0.15, 0.2) is 42.5 Å². The largest absolute Gasteiger partial charge is 0.416 e. The summed E-state index contributed by atoms with van der Waals surface area (Å²) in [4.78, 5) is 36.1. The topological polar surface area (TPSA) is 87.3 Å². The van der Waals surface area contributed by atoms with Crippen LogP contribution >= 0.6 is 0 Å². The lowest BCUT2D eigenvalue weighted by Crippen LogP contribution is -2.27. The highest BCUT2D eigenvalue weighted by molar-refractivity contribution is 6.08. The Morgan fingerprint density at radius 2 is 1.50 bits per heavy atom. The Morgan fingerprint density at radius 1 is 0.833 bits per heavy atom. The minimum Gasteiger partial charge on any atom is -0.326 e. The Balaban J connectivity index is 2.31. The molecule has 0 aromatic heterocycles. The van der Waals surface area contributed by atoms with E-state index in [4.69, 9.17) is 0 Å². The van der Waals surface area contributed by atoms with E-state index in [0.29, 0.717) is 5.69 Å². The van der Waals surface area contributed by atoms with E-state index < -0.39 is 29.0 Å². The molecule has 0 spiro atoms. The van der Waals surface area contributed by atoms with Crippen LogP contribution in [0, 0.1) is 5.41 Å². The third-order valence-corrected chi connectivity index (χ3v) is 3.97. The maximum absolute atomic E-state index is 13.1. The smallest absolute Gasteiger partial charge is 0.326 e. The highest BCUT2D eigenvalue weighted by Crippen LogP contribution is 2.34. The molecule has 0 fully saturated rings. The van der Waals surface area contributed by atoms with Gasteiger partial charge in [0.15, 0.2) is 0 Å². The fraction of sp³-hybridized carbons (Fsp3) is 0.286. The number of hydrogen-bond donors (Lipinski definition) is 3. The molecule has 6 nitrogen and oxygen atoms in total. The van der Waals surface area contributed by atoms with Crippen LogP contribution in [0.2, 0.25) is 0 Å². The molecule has 0 unspecified atom stereocenters. The van der Waals surface area contributed by atoms with Crippen LogP contribution in [-0.2, 0) is 15.8 Å². The Hall–Kier alpha value is -3.36. The summed E-state index contributed by atoms with van der Waals surface area (Å²) in [6.45, 7) is 6.40. The van der Waals surface area contributed by atoms with Gasteiger partial charge in [-0.25, -0.2) is 0 Å². The predicted octanol–water partition coefficient (Wildman–Crippen LogP) is 4.90. The van der Waals surface area contributed by atoms with Gasteiger partial charge in [0.05, 0.1) is 16.9 Å². The van der Waals surface area contributed by atoms with Gasteiger partial charge in [0.1, 0.15) is 0 Å². The van der Waals surface area contributed by atoms with Crippen molar-refractivity contribution in [2.45, 2.75) is 33.9 Å². The van der Waals surface area contributed by atoms with Gasteiger partial charge >= 0.3 is 6.18 Å². The summed E-state index contributed by atoms with van der Waals surface area (Å²) in [5.41, 5.74) is -1.31. The first-order valence-electron chi connectivity index (χ1n) is 8.99. The third kappa shape index (κ3) is 6.07. The Morgan fingerprint density at radius 3 is 2.07 bits per heavy atom. The van der Waals surface area contributed by atoms with Gasteiger partial charge in [0, 0.05) is 23.6 Å². The van der Waals surface area contributed by atoms with Crippen molar-refractivity contribution >= 4 is 34.8 Å². The predicted molar refractivity (Wildman–Crippen MR) is 108 cm³/mol. The van der Waals surface area contributed by atoms with Crippen molar-refractivity contribution in [3.05, 3.63) is 53.6 Å². The van der Waals surface area contributed by atoms with E-state index in [1.165, 1.54) is 25.1 Å². The van der Waals surface area contributed by atoms with Crippen LogP contribution in [0.3, 0.4) is 0 Å². The van der Waals surface area contributed by atoms with E-state index in [2.05, 4.69) is 16.0 Å².